The van der Waals surface area contributed by atoms with Crippen LogP contribution in [0.15, 0.2) is 30.3 Å². The van der Waals surface area contributed by atoms with E-state index in [0.717, 1.165) is 26.2 Å². The van der Waals surface area contributed by atoms with Gasteiger partial charge < -0.3 is 14.8 Å². The SMILES string of the molecule is CC.CCOCCCOCc1ccccc1.CNC=O. The molecule has 1 rings (SSSR count). The largest absolute Gasteiger partial charge is 0.382 e. The Morgan fingerprint density at radius 3 is 2.15 bits per heavy atom. The molecule has 1 aromatic carbocycles. The maximum atomic E-state index is 9.06. The Labute approximate surface area is 123 Å². The van der Waals surface area contributed by atoms with Gasteiger partial charge in [0, 0.05) is 26.9 Å². The Hall–Kier alpha value is -1.39. The first-order chi connectivity index (χ1) is 9.85. The number of rotatable bonds is 8. The molecule has 20 heavy (non-hydrogen) atoms. The number of carbonyl (C=O) groups excluding carboxylic acids is 1. The highest BCUT2D eigenvalue weighted by Gasteiger charge is 1.91. The van der Waals surface area contributed by atoms with E-state index in [4.69, 9.17) is 14.3 Å². The van der Waals surface area contributed by atoms with Gasteiger partial charge in [0.2, 0.25) is 6.41 Å². The van der Waals surface area contributed by atoms with Crippen molar-refractivity contribution >= 4 is 6.41 Å². The molecule has 0 atom stereocenters. The van der Waals surface area contributed by atoms with Gasteiger partial charge in [0.25, 0.3) is 0 Å². The molecule has 0 aliphatic rings. The van der Waals surface area contributed by atoms with Crippen molar-refractivity contribution in [2.45, 2.75) is 33.8 Å². The molecule has 116 valence electrons. The van der Waals surface area contributed by atoms with Gasteiger partial charge in [0.1, 0.15) is 0 Å². The molecule has 1 N–H and O–H groups in total. The zero-order valence-corrected chi connectivity index (χ0v) is 13.2. The van der Waals surface area contributed by atoms with E-state index in [1.807, 2.05) is 39.0 Å². The normalized spacial score (nSPS) is 8.60. The highest BCUT2D eigenvalue weighted by atomic mass is 16.5. The van der Waals surface area contributed by atoms with Crippen molar-refractivity contribution in [3.8, 4) is 0 Å². The number of hydrogen-bond acceptors (Lipinski definition) is 3. The van der Waals surface area contributed by atoms with E-state index in [2.05, 4.69) is 17.4 Å². The third-order valence-corrected chi connectivity index (χ3v) is 2.01. The van der Waals surface area contributed by atoms with Crippen molar-refractivity contribution in [3.05, 3.63) is 35.9 Å². The number of amides is 1. The maximum Gasteiger partial charge on any atom is 0.206 e. The first-order valence-electron chi connectivity index (χ1n) is 7.15. The molecule has 0 radical (unpaired) electrons. The molecule has 0 heterocycles. The van der Waals surface area contributed by atoms with Crippen molar-refractivity contribution in [1.82, 2.24) is 5.32 Å². The Morgan fingerprint density at radius 2 is 1.65 bits per heavy atom. The molecular formula is C16H29NO3. The van der Waals surface area contributed by atoms with Crippen LogP contribution in [0.4, 0.5) is 0 Å². The number of hydrogen-bond donors (Lipinski definition) is 1. The topological polar surface area (TPSA) is 47.6 Å². The second kappa shape index (κ2) is 19.9. The fraction of sp³-hybridized carbons (Fsp3) is 0.562. The van der Waals surface area contributed by atoms with Gasteiger partial charge in [-0.2, -0.15) is 0 Å². The molecule has 4 heteroatoms. The number of nitrogens with one attached hydrogen (secondary N) is 1. The molecule has 0 saturated carbocycles. The molecule has 0 aromatic heterocycles. The minimum absolute atomic E-state index is 0.625. The van der Waals surface area contributed by atoms with Crippen LogP contribution in [0.1, 0.15) is 32.8 Å². The van der Waals surface area contributed by atoms with E-state index < -0.39 is 0 Å². The fourth-order valence-corrected chi connectivity index (χ4v) is 1.17. The summed E-state index contributed by atoms with van der Waals surface area (Å²) in [6.07, 6.45) is 1.60. The van der Waals surface area contributed by atoms with E-state index in [1.165, 1.54) is 5.56 Å². The van der Waals surface area contributed by atoms with Gasteiger partial charge in [-0.05, 0) is 18.9 Å². The fourth-order valence-electron chi connectivity index (χ4n) is 1.17. The molecule has 1 aromatic rings. The number of benzene rings is 1. The molecule has 0 fully saturated rings. The van der Waals surface area contributed by atoms with Crippen molar-refractivity contribution in [1.29, 1.82) is 0 Å². The highest BCUT2D eigenvalue weighted by molar-refractivity contribution is 5.44. The van der Waals surface area contributed by atoms with Gasteiger partial charge in [0.05, 0.1) is 6.61 Å². The lowest BCUT2D eigenvalue weighted by Crippen LogP contribution is -2.00. The summed E-state index contributed by atoms with van der Waals surface area (Å²) in [5.74, 6) is 0. The summed E-state index contributed by atoms with van der Waals surface area (Å²) in [7, 11) is 1.56. The smallest absolute Gasteiger partial charge is 0.206 e. The molecule has 0 saturated heterocycles. The summed E-state index contributed by atoms with van der Waals surface area (Å²) in [5, 5.41) is 2.25. The summed E-state index contributed by atoms with van der Waals surface area (Å²) in [6, 6.07) is 10.2. The molecular weight excluding hydrogens is 254 g/mol. The van der Waals surface area contributed by atoms with Crippen LogP contribution in [0.5, 0.6) is 0 Å². The van der Waals surface area contributed by atoms with Crippen molar-refractivity contribution in [2.75, 3.05) is 26.9 Å². The molecule has 1 amide bonds. The minimum atomic E-state index is 0.625. The average molecular weight is 283 g/mol. The second-order valence-corrected chi connectivity index (χ2v) is 3.50. The van der Waals surface area contributed by atoms with Crippen LogP contribution in [0.3, 0.4) is 0 Å². The summed E-state index contributed by atoms with van der Waals surface area (Å²) in [5.41, 5.74) is 1.23. The molecule has 0 unspecified atom stereocenters. The Kier molecular flexibility index (Phi) is 20.9. The van der Waals surface area contributed by atoms with E-state index in [-0.39, 0.29) is 0 Å². The molecule has 4 nitrogen and oxygen atoms in total. The lowest BCUT2D eigenvalue weighted by molar-refractivity contribution is -0.109. The Morgan fingerprint density at radius 1 is 1.10 bits per heavy atom. The predicted octanol–water partition coefficient (Wildman–Crippen LogP) is 3.02. The van der Waals surface area contributed by atoms with Gasteiger partial charge in [0.15, 0.2) is 0 Å². The first kappa shape index (κ1) is 20.9. The quantitative estimate of drug-likeness (QED) is 0.589. The Balaban J connectivity index is 0. The number of ether oxygens (including phenoxy) is 2. The highest BCUT2D eigenvalue weighted by Crippen LogP contribution is 2.00. The zero-order valence-electron chi connectivity index (χ0n) is 13.2. The van der Waals surface area contributed by atoms with E-state index in [0.29, 0.717) is 13.0 Å². The van der Waals surface area contributed by atoms with E-state index >= 15 is 0 Å². The van der Waals surface area contributed by atoms with Gasteiger partial charge >= 0.3 is 0 Å². The van der Waals surface area contributed by atoms with Crippen molar-refractivity contribution in [3.63, 3.8) is 0 Å². The van der Waals surface area contributed by atoms with E-state index in [9.17, 15) is 0 Å². The van der Waals surface area contributed by atoms with Crippen LogP contribution in [-0.2, 0) is 20.9 Å². The average Bonchev–Trinajstić information content (AvgIpc) is 2.54. The molecule has 0 aliphatic carbocycles. The Bertz CT molecular complexity index is 278. The molecule has 0 spiro atoms. The van der Waals surface area contributed by atoms with Crippen molar-refractivity contribution < 1.29 is 14.3 Å². The van der Waals surface area contributed by atoms with Crippen LogP contribution >= 0.6 is 0 Å². The molecule has 0 bridgehead atoms. The van der Waals surface area contributed by atoms with Crippen LogP contribution in [0.2, 0.25) is 0 Å². The van der Waals surface area contributed by atoms with Gasteiger partial charge in [-0.15, -0.1) is 0 Å². The third-order valence-electron chi connectivity index (χ3n) is 2.01. The van der Waals surface area contributed by atoms with Crippen LogP contribution < -0.4 is 5.32 Å². The van der Waals surface area contributed by atoms with Crippen LogP contribution in [-0.4, -0.2) is 33.3 Å². The van der Waals surface area contributed by atoms with Crippen molar-refractivity contribution in [2.24, 2.45) is 0 Å². The minimum Gasteiger partial charge on any atom is -0.382 e. The summed E-state index contributed by atoms with van der Waals surface area (Å²) >= 11 is 0. The maximum absolute atomic E-state index is 9.06. The summed E-state index contributed by atoms with van der Waals surface area (Å²) in [6.45, 7) is 9.07. The lowest BCUT2D eigenvalue weighted by atomic mass is 10.2. The lowest BCUT2D eigenvalue weighted by Gasteiger charge is -2.04. The van der Waals surface area contributed by atoms with Gasteiger partial charge in [-0.3, -0.25) is 4.79 Å². The van der Waals surface area contributed by atoms with Gasteiger partial charge in [-0.1, -0.05) is 44.2 Å². The first-order valence-corrected chi connectivity index (χ1v) is 7.15. The monoisotopic (exact) mass is 283 g/mol. The van der Waals surface area contributed by atoms with Gasteiger partial charge in [-0.25, -0.2) is 0 Å². The summed E-state index contributed by atoms with van der Waals surface area (Å²) < 4.78 is 10.7. The van der Waals surface area contributed by atoms with Crippen LogP contribution in [0, 0.1) is 0 Å². The van der Waals surface area contributed by atoms with E-state index in [1.54, 1.807) is 7.05 Å². The second-order valence-electron chi connectivity index (χ2n) is 3.50. The standard InChI is InChI=1S/C12H18O2.C2H5NO.C2H6/c1-2-13-9-6-10-14-11-12-7-4-3-5-8-12;1-3-2-4;1-2/h3-5,7-8H,2,6,9-11H2,1H3;2H,1H3,(H,3,4);1-2H3. The predicted molar refractivity (Wildman–Crippen MR) is 83.7 cm³/mol. The number of carbonyl (C=O) groups is 1. The molecule has 0 aliphatic heterocycles. The zero-order chi connectivity index (χ0) is 15.5. The summed E-state index contributed by atoms with van der Waals surface area (Å²) in [4.78, 5) is 9.06. The van der Waals surface area contributed by atoms with Crippen LogP contribution in [0.25, 0.3) is 0 Å². The third kappa shape index (κ3) is 16.6.